The van der Waals surface area contributed by atoms with E-state index >= 15 is 0 Å². The van der Waals surface area contributed by atoms with Crippen LogP contribution in [0.3, 0.4) is 0 Å². The average Bonchev–Trinajstić information content (AvgIpc) is 2.60. The Morgan fingerprint density at radius 3 is 2.35 bits per heavy atom. The number of aliphatic carboxylic acids is 1. The molecule has 138 valence electrons. The normalized spacial score (nSPS) is 12.3. The number of carboxylic acids is 1. The van der Waals surface area contributed by atoms with Gasteiger partial charge in [-0.25, -0.2) is 19.5 Å². The third-order valence-corrected chi connectivity index (χ3v) is 3.47. The summed E-state index contributed by atoms with van der Waals surface area (Å²) in [5.41, 5.74) is -0.342. The van der Waals surface area contributed by atoms with E-state index in [-0.39, 0.29) is 12.4 Å². The fraction of sp³-hybridized carbons (Fsp3) is 0.235. The lowest BCUT2D eigenvalue weighted by atomic mass is 10.2. The molecule has 0 spiro atoms. The van der Waals surface area contributed by atoms with Crippen molar-refractivity contribution in [1.29, 1.82) is 0 Å². The molecule has 1 aromatic heterocycles. The molecule has 1 aromatic carbocycles. The lowest BCUT2D eigenvalue weighted by Gasteiger charge is -2.25. The van der Waals surface area contributed by atoms with Crippen LogP contribution in [0.25, 0.3) is 0 Å². The van der Waals surface area contributed by atoms with Gasteiger partial charge in [0.05, 0.1) is 5.56 Å². The molecule has 0 aliphatic heterocycles. The number of rotatable bonds is 5. The summed E-state index contributed by atoms with van der Waals surface area (Å²) in [6.45, 7) is 1.08. The second-order valence-electron chi connectivity index (χ2n) is 5.33. The van der Waals surface area contributed by atoms with Crippen molar-refractivity contribution in [2.75, 3.05) is 4.90 Å². The predicted molar refractivity (Wildman–Crippen MR) is 85.4 cm³/mol. The van der Waals surface area contributed by atoms with Crippen LogP contribution in [0.4, 0.5) is 23.8 Å². The monoisotopic (exact) mass is 368 g/mol. The van der Waals surface area contributed by atoms with E-state index in [1.807, 2.05) is 0 Å². The maximum atomic E-state index is 12.6. The molecule has 0 aliphatic rings. The first-order valence-corrected chi connectivity index (χ1v) is 7.46. The summed E-state index contributed by atoms with van der Waals surface area (Å²) in [5.74, 6) is -1.62. The van der Waals surface area contributed by atoms with Gasteiger partial charge < -0.3 is 9.84 Å². The van der Waals surface area contributed by atoms with E-state index < -0.39 is 29.8 Å². The zero-order valence-corrected chi connectivity index (χ0v) is 13.6. The van der Waals surface area contributed by atoms with Crippen LogP contribution in [-0.2, 0) is 22.3 Å². The first kappa shape index (κ1) is 19.2. The number of carboxylic acid groups (broad SMARTS) is 1. The van der Waals surface area contributed by atoms with Crippen molar-refractivity contribution in [3.8, 4) is 0 Å². The maximum Gasteiger partial charge on any atom is 0.417 e. The van der Waals surface area contributed by atoms with Crippen LogP contribution in [0.2, 0.25) is 0 Å². The van der Waals surface area contributed by atoms with Crippen LogP contribution < -0.4 is 4.90 Å². The molecule has 26 heavy (non-hydrogen) atoms. The predicted octanol–water partition coefficient (Wildman–Crippen LogP) is 3.72. The Balaban J connectivity index is 2.22. The quantitative estimate of drug-likeness (QED) is 0.870. The number of halogens is 3. The van der Waals surface area contributed by atoms with E-state index in [1.165, 1.54) is 6.92 Å². The number of hydrogen-bond acceptors (Lipinski definition) is 4. The van der Waals surface area contributed by atoms with E-state index in [0.29, 0.717) is 22.7 Å². The molecule has 9 heteroatoms. The average molecular weight is 368 g/mol. The Bertz CT molecular complexity index is 764. The standard InChI is InChI=1S/C17H15F3N2O4/c1-11(15(23)24)22(14-8-7-13(9-21-14)17(18,19)20)16(25)26-10-12-5-3-2-4-6-12/h2-9,11H,10H2,1H3,(H,23,24). The van der Waals surface area contributed by atoms with Crippen molar-refractivity contribution < 1.29 is 32.6 Å². The van der Waals surface area contributed by atoms with Gasteiger partial charge in [0.1, 0.15) is 18.5 Å². The van der Waals surface area contributed by atoms with Gasteiger partial charge in [0.15, 0.2) is 0 Å². The minimum atomic E-state index is -4.59. The van der Waals surface area contributed by atoms with Crippen LogP contribution in [0.1, 0.15) is 18.1 Å². The molecular weight excluding hydrogens is 353 g/mol. The number of ether oxygens (including phenoxy) is 1. The molecule has 0 aliphatic carbocycles. The highest BCUT2D eigenvalue weighted by Gasteiger charge is 2.33. The molecule has 1 N–H and O–H groups in total. The van der Waals surface area contributed by atoms with Gasteiger partial charge in [0, 0.05) is 6.20 Å². The first-order chi connectivity index (χ1) is 12.2. The van der Waals surface area contributed by atoms with Crippen LogP contribution in [0.5, 0.6) is 0 Å². The zero-order valence-electron chi connectivity index (χ0n) is 13.6. The summed E-state index contributed by atoms with van der Waals surface area (Å²) < 4.78 is 43.0. The number of nitrogens with zero attached hydrogens (tertiary/aromatic N) is 2. The number of carbonyl (C=O) groups excluding carboxylic acids is 1. The third-order valence-electron chi connectivity index (χ3n) is 3.47. The fourth-order valence-electron chi connectivity index (χ4n) is 2.05. The third kappa shape index (κ3) is 4.71. The highest BCUT2D eigenvalue weighted by molar-refractivity contribution is 5.94. The Hall–Kier alpha value is -3.10. The van der Waals surface area contributed by atoms with Crippen LogP contribution in [-0.4, -0.2) is 28.2 Å². The van der Waals surface area contributed by atoms with Crippen LogP contribution in [0.15, 0.2) is 48.7 Å². The highest BCUT2D eigenvalue weighted by Crippen LogP contribution is 2.29. The molecule has 0 saturated carbocycles. The second-order valence-corrected chi connectivity index (χ2v) is 5.33. The molecule has 1 atom stereocenters. The topological polar surface area (TPSA) is 79.7 Å². The van der Waals surface area contributed by atoms with E-state index in [0.717, 1.165) is 6.07 Å². The Kier molecular flexibility index (Phi) is 5.81. The molecule has 0 radical (unpaired) electrons. The van der Waals surface area contributed by atoms with Crippen molar-refractivity contribution >= 4 is 17.9 Å². The van der Waals surface area contributed by atoms with Gasteiger partial charge in [0.2, 0.25) is 0 Å². The summed E-state index contributed by atoms with van der Waals surface area (Å²) in [7, 11) is 0. The Morgan fingerprint density at radius 1 is 1.19 bits per heavy atom. The molecule has 2 rings (SSSR count). The maximum absolute atomic E-state index is 12.6. The Morgan fingerprint density at radius 2 is 1.85 bits per heavy atom. The van der Waals surface area contributed by atoms with Gasteiger partial charge in [0.25, 0.3) is 0 Å². The van der Waals surface area contributed by atoms with Crippen molar-refractivity contribution in [1.82, 2.24) is 4.98 Å². The van der Waals surface area contributed by atoms with E-state index in [2.05, 4.69) is 4.98 Å². The molecule has 1 amide bonds. The largest absolute Gasteiger partial charge is 0.480 e. The molecule has 2 aromatic rings. The van der Waals surface area contributed by atoms with E-state index in [9.17, 15) is 27.9 Å². The van der Waals surface area contributed by atoms with Gasteiger partial charge in [-0.15, -0.1) is 0 Å². The molecule has 1 unspecified atom stereocenters. The zero-order chi connectivity index (χ0) is 19.3. The van der Waals surface area contributed by atoms with Crippen molar-refractivity contribution in [2.45, 2.75) is 25.7 Å². The summed E-state index contributed by atoms with van der Waals surface area (Å²) >= 11 is 0. The number of aromatic nitrogens is 1. The van der Waals surface area contributed by atoms with Crippen molar-refractivity contribution in [3.63, 3.8) is 0 Å². The molecular formula is C17H15F3N2O4. The summed E-state index contributed by atoms with van der Waals surface area (Å²) in [6, 6.07) is 8.90. The fourth-order valence-corrected chi connectivity index (χ4v) is 2.05. The van der Waals surface area contributed by atoms with Gasteiger partial charge >= 0.3 is 18.2 Å². The number of carbonyl (C=O) groups is 2. The molecule has 6 nitrogen and oxygen atoms in total. The highest BCUT2D eigenvalue weighted by atomic mass is 19.4. The lowest BCUT2D eigenvalue weighted by molar-refractivity contribution is -0.139. The van der Waals surface area contributed by atoms with Crippen molar-refractivity contribution in [3.05, 3.63) is 59.8 Å². The number of amides is 1. The van der Waals surface area contributed by atoms with E-state index in [1.54, 1.807) is 30.3 Å². The Labute approximate surface area is 146 Å². The smallest absolute Gasteiger partial charge is 0.417 e. The molecule has 0 saturated heterocycles. The molecule has 1 heterocycles. The summed E-state index contributed by atoms with van der Waals surface area (Å²) in [4.78, 5) is 27.8. The van der Waals surface area contributed by atoms with Gasteiger partial charge in [-0.05, 0) is 24.6 Å². The number of alkyl halides is 3. The van der Waals surface area contributed by atoms with Gasteiger partial charge in [-0.2, -0.15) is 13.2 Å². The van der Waals surface area contributed by atoms with Crippen LogP contribution >= 0.6 is 0 Å². The number of benzene rings is 1. The first-order valence-electron chi connectivity index (χ1n) is 7.46. The van der Waals surface area contributed by atoms with E-state index in [4.69, 9.17) is 4.74 Å². The SMILES string of the molecule is CC(C(=O)O)N(C(=O)OCc1ccccc1)c1ccc(C(F)(F)F)cn1. The minimum Gasteiger partial charge on any atom is -0.480 e. The number of hydrogen-bond donors (Lipinski definition) is 1. The second kappa shape index (κ2) is 7.85. The van der Waals surface area contributed by atoms with Gasteiger partial charge in [-0.1, -0.05) is 30.3 Å². The summed E-state index contributed by atoms with van der Waals surface area (Å²) in [6.07, 6.45) is -5.10. The molecule has 0 bridgehead atoms. The van der Waals surface area contributed by atoms with Crippen molar-refractivity contribution in [2.24, 2.45) is 0 Å². The number of anilines is 1. The lowest BCUT2D eigenvalue weighted by Crippen LogP contribution is -2.44. The van der Waals surface area contributed by atoms with Crippen LogP contribution in [0, 0.1) is 0 Å². The number of pyridine rings is 1. The summed E-state index contributed by atoms with van der Waals surface area (Å²) in [5, 5.41) is 9.17. The minimum absolute atomic E-state index is 0.122. The van der Waals surface area contributed by atoms with Gasteiger partial charge in [-0.3, -0.25) is 0 Å². The molecule has 0 fully saturated rings.